The molecule has 0 amide bonds. The fourth-order valence-electron chi connectivity index (χ4n) is 1.11. The Bertz CT molecular complexity index is 280. The Hall–Kier alpha value is -0.632. The molecule has 0 atom stereocenters. The molecular weight excluding hydrogens is 403 g/mol. The van der Waals surface area contributed by atoms with Gasteiger partial charge in [0.25, 0.3) is 0 Å². The second-order valence-electron chi connectivity index (χ2n) is 3.83. The molecule has 0 spiro atoms. The first-order chi connectivity index (χ1) is 7.91. The Morgan fingerprint density at radius 3 is 1.35 bits per heavy atom. The van der Waals surface area contributed by atoms with Gasteiger partial charge in [0.2, 0.25) is 0 Å². The third kappa shape index (κ3) is 11.6. The van der Waals surface area contributed by atoms with E-state index in [1.54, 1.807) is 0 Å². The van der Waals surface area contributed by atoms with Gasteiger partial charge in [0.15, 0.2) is 0 Å². The summed E-state index contributed by atoms with van der Waals surface area (Å²) in [5.41, 5.74) is 0. The Balaban J connectivity index is 3.62. The van der Waals surface area contributed by atoms with Crippen molar-refractivity contribution in [1.29, 1.82) is 0 Å². The van der Waals surface area contributed by atoms with Crippen molar-refractivity contribution in [3.05, 3.63) is 0 Å². The van der Waals surface area contributed by atoms with Crippen molar-refractivity contribution in [2.45, 2.75) is 52.4 Å². The van der Waals surface area contributed by atoms with Crippen LogP contribution in [0.4, 0.5) is 0 Å². The van der Waals surface area contributed by atoms with E-state index < -0.39 is 18.6 Å². The Kier molecular flexibility index (Phi) is 9.05. The van der Waals surface area contributed by atoms with Gasteiger partial charge in [-0.2, -0.15) is 0 Å². The summed E-state index contributed by atoms with van der Waals surface area (Å²) in [6.45, 7) is 2.99. The van der Waals surface area contributed by atoms with E-state index in [2.05, 4.69) is 0 Å². The Labute approximate surface area is 110 Å². The summed E-state index contributed by atoms with van der Waals surface area (Å²) in [7, 11) is 0. The van der Waals surface area contributed by atoms with Gasteiger partial charge in [-0.15, -0.1) is 0 Å². The number of carbonyl (C=O) groups is 4. The topological polar surface area (TPSA) is 68.3 Å². The van der Waals surface area contributed by atoms with Gasteiger partial charge in [-0.25, -0.2) is 0 Å². The molecule has 0 bridgehead atoms. The van der Waals surface area contributed by atoms with Gasteiger partial charge in [-0.1, -0.05) is 0 Å². The normalized spacial score (nSPS) is 10.2. The summed E-state index contributed by atoms with van der Waals surface area (Å²) in [5, 5.41) is 0. The Morgan fingerprint density at radius 2 is 1.06 bits per heavy atom. The monoisotopic (exact) mass is 421 g/mol. The van der Waals surface area contributed by atoms with Crippen molar-refractivity contribution in [3.8, 4) is 0 Å². The molecule has 0 radical (unpaired) electrons. The van der Waals surface area contributed by atoms with Gasteiger partial charge in [0.1, 0.15) is 0 Å². The third-order valence-corrected chi connectivity index (χ3v) is 4.35. The van der Waals surface area contributed by atoms with Crippen LogP contribution in [-0.4, -0.2) is 19.9 Å². The number of hydrogen-bond acceptors (Lipinski definition) is 4. The zero-order chi connectivity index (χ0) is 13.3. The van der Waals surface area contributed by atoms with E-state index in [0.29, 0.717) is 38.5 Å². The predicted octanol–water partition coefficient (Wildman–Crippen LogP) is 1.64. The van der Waals surface area contributed by atoms with Crippen LogP contribution in [0.1, 0.15) is 52.4 Å². The van der Waals surface area contributed by atoms with Crippen molar-refractivity contribution >= 4 is 19.9 Å². The molecule has 0 saturated carbocycles. The van der Waals surface area contributed by atoms with Crippen molar-refractivity contribution in [2.75, 3.05) is 0 Å². The summed E-state index contributed by atoms with van der Waals surface area (Å²) in [4.78, 5) is 44.1. The molecule has 100 valence electrons. The van der Waals surface area contributed by atoms with Crippen LogP contribution >= 0.6 is 0 Å². The van der Waals surface area contributed by atoms with Crippen LogP contribution in [-0.2, 0) is 37.7 Å². The van der Waals surface area contributed by atoms with Crippen LogP contribution in [0.2, 0.25) is 0 Å². The first-order valence-corrected chi connectivity index (χ1v) is 7.82. The molecule has 0 aromatic carbocycles. The fraction of sp³-hybridized carbons (Fsp3) is 0.667. The van der Waals surface area contributed by atoms with Gasteiger partial charge in [0.05, 0.1) is 0 Å². The van der Waals surface area contributed by atoms with Gasteiger partial charge in [-0.05, 0) is 0 Å². The second kappa shape index (κ2) is 9.40. The maximum atomic E-state index is 11.4. The number of Topliss-reactive ketones (excluding diaryl/α,β-unsaturated/α-hetero) is 2. The quantitative estimate of drug-likeness (QED) is 0.538. The molecule has 0 aliphatic carbocycles. The molecule has 0 saturated heterocycles. The molecule has 0 aromatic rings. The van der Waals surface area contributed by atoms with Crippen LogP contribution in [0.3, 0.4) is 0 Å². The molecule has 0 unspecified atom stereocenters. The minimum absolute atomic E-state index is 0.000856. The van der Waals surface area contributed by atoms with Crippen molar-refractivity contribution in [3.63, 3.8) is 0 Å². The van der Waals surface area contributed by atoms with Crippen LogP contribution in [0.5, 0.6) is 0 Å². The number of ketones is 2. The van der Waals surface area contributed by atoms with E-state index in [1.807, 2.05) is 0 Å². The molecule has 5 heteroatoms. The summed E-state index contributed by atoms with van der Waals surface area (Å²) >= 11 is -1.08. The molecule has 0 aromatic heterocycles. The van der Waals surface area contributed by atoms with Crippen molar-refractivity contribution < 1.29 is 37.7 Å². The molecule has 0 rings (SSSR count). The van der Waals surface area contributed by atoms with Crippen molar-refractivity contribution in [1.82, 2.24) is 0 Å². The minimum atomic E-state index is -1.08. The van der Waals surface area contributed by atoms with Crippen LogP contribution in [0.15, 0.2) is 0 Å². The van der Waals surface area contributed by atoms with E-state index in [4.69, 9.17) is 0 Å². The number of hydrogen-bond donors (Lipinski definition) is 0. The maximum absolute atomic E-state index is 11.4. The zero-order valence-electron chi connectivity index (χ0n) is 10.2. The third-order valence-electron chi connectivity index (χ3n) is 1.95. The molecule has 4 nitrogen and oxygen atoms in total. The van der Waals surface area contributed by atoms with Gasteiger partial charge in [-0.3, -0.25) is 0 Å². The first kappa shape index (κ1) is 16.4. The molecule has 0 aliphatic heterocycles. The molecule has 0 heterocycles. The Morgan fingerprint density at radius 1 is 0.706 bits per heavy atom. The average Bonchev–Trinajstić information content (AvgIpc) is 2.15. The predicted molar refractivity (Wildman–Crippen MR) is 59.1 cm³/mol. The standard InChI is InChI=1S/2C6H9O2.Pt/c2*1-6(8)4-2-3-5-7;/h2*2-4H2,1H3;. The van der Waals surface area contributed by atoms with E-state index in [-0.39, 0.29) is 19.9 Å². The van der Waals surface area contributed by atoms with Crippen molar-refractivity contribution in [2.24, 2.45) is 0 Å². The van der Waals surface area contributed by atoms with Gasteiger partial charge in [0, 0.05) is 0 Å². The second-order valence-corrected chi connectivity index (χ2v) is 6.93. The summed E-state index contributed by atoms with van der Waals surface area (Å²) in [6, 6.07) is 0. The van der Waals surface area contributed by atoms with Crippen LogP contribution in [0, 0.1) is 0 Å². The van der Waals surface area contributed by atoms with Crippen LogP contribution < -0.4 is 0 Å². The van der Waals surface area contributed by atoms with E-state index in [1.165, 1.54) is 13.8 Å². The summed E-state index contributed by atoms with van der Waals surface area (Å²) in [5.74, 6) is 0.146. The summed E-state index contributed by atoms with van der Waals surface area (Å²) < 4.78 is -0.00171. The first-order valence-electron chi connectivity index (χ1n) is 5.55. The van der Waals surface area contributed by atoms with Gasteiger partial charge < -0.3 is 0 Å². The average molecular weight is 421 g/mol. The number of carbonyl (C=O) groups excluding carboxylic acids is 4. The van der Waals surface area contributed by atoms with Crippen LogP contribution in [0.25, 0.3) is 0 Å². The summed E-state index contributed by atoms with van der Waals surface area (Å²) in [6.07, 6.45) is 2.60. The van der Waals surface area contributed by atoms with E-state index in [0.717, 1.165) is 0 Å². The SMILES string of the molecule is CC(=O)CCC[C](=O)[Pt][C](=O)CCCC(C)=O. The van der Waals surface area contributed by atoms with E-state index in [9.17, 15) is 19.2 Å². The molecule has 17 heavy (non-hydrogen) atoms. The molecular formula is C12H18O4Pt. The zero-order valence-corrected chi connectivity index (χ0v) is 12.5. The molecule has 0 fully saturated rings. The fourth-order valence-corrected chi connectivity index (χ4v) is 3.19. The van der Waals surface area contributed by atoms with Gasteiger partial charge >= 0.3 is 110 Å². The van der Waals surface area contributed by atoms with E-state index >= 15 is 0 Å². The number of rotatable bonds is 10. The molecule has 0 N–H and O–H groups in total. The molecule has 0 aliphatic rings.